The molecular formula is C10H20. The molecule has 0 aromatic rings. The number of hydrogen-bond acceptors (Lipinski definition) is 0. The second-order valence-corrected chi connectivity index (χ2v) is 3.64. The summed E-state index contributed by atoms with van der Waals surface area (Å²) in [4.78, 5) is 0. The van der Waals surface area contributed by atoms with E-state index in [-0.39, 0.29) is 0 Å². The summed E-state index contributed by atoms with van der Waals surface area (Å²) in [5.74, 6) is 1.56. The fraction of sp³-hybridized carbons (Fsp3) is 0.800. The van der Waals surface area contributed by atoms with Crippen LogP contribution in [0.3, 0.4) is 0 Å². The van der Waals surface area contributed by atoms with Gasteiger partial charge in [0.25, 0.3) is 0 Å². The maximum Gasteiger partial charge on any atom is -0.0290 e. The van der Waals surface area contributed by atoms with Crippen LogP contribution in [0.2, 0.25) is 0 Å². The molecule has 0 radical (unpaired) electrons. The Labute approximate surface area is 65.3 Å². The molecule has 0 nitrogen and oxygen atoms in total. The van der Waals surface area contributed by atoms with Crippen molar-refractivity contribution in [3.05, 3.63) is 12.2 Å². The zero-order chi connectivity index (χ0) is 7.98. The Morgan fingerprint density at radius 1 is 1.10 bits per heavy atom. The van der Waals surface area contributed by atoms with Crippen LogP contribution < -0.4 is 0 Å². The van der Waals surface area contributed by atoms with Gasteiger partial charge in [0.05, 0.1) is 0 Å². The molecule has 0 heterocycles. The number of allylic oxidation sites excluding steroid dienone is 2. The lowest BCUT2D eigenvalue weighted by Crippen LogP contribution is -1.84. The van der Waals surface area contributed by atoms with Crippen molar-refractivity contribution in [1.29, 1.82) is 0 Å². The van der Waals surface area contributed by atoms with Crippen molar-refractivity contribution in [1.82, 2.24) is 0 Å². The first-order chi connectivity index (χ1) is 4.63. The Kier molecular flexibility index (Phi) is 5.38. The number of hydrogen-bond donors (Lipinski definition) is 0. The van der Waals surface area contributed by atoms with Gasteiger partial charge >= 0.3 is 0 Å². The van der Waals surface area contributed by atoms with E-state index in [1.54, 1.807) is 0 Å². The van der Waals surface area contributed by atoms with E-state index in [2.05, 4.69) is 39.8 Å². The van der Waals surface area contributed by atoms with E-state index >= 15 is 0 Å². The molecule has 0 bridgehead atoms. The molecule has 0 amide bonds. The third-order valence-electron chi connectivity index (χ3n) is 1.43. The molecular weight excluding hydrogens is 120 g/mol. The second kappa shape index (κ2) is 5.52. The minimum atomic E-state index is 0.715. The van der Waals surface area contributed by atoms with Gasteiger partial charge in [0, 0.05) is 0 Å². The van der Waals surface area contributed by atoms with E-state index in [1.165, 1.54) is 12.8 Å². The third kappa shape index (κ3) is 7.74. The highest BCUT2D eigenvalue weighted by Gasteiger charge is 1.89. The minimum Gasteiger partial charge on any atom is -0.0883 e. The molecule has 0 fully saturated rings. The molecule has 0 aromatic carbocycles. The molecule has 0 rings (SSSR count). The normalized spacial score (nSPS) is 12.2. The molecule has 0 spiro atoms. The molecule has 0 saturated heterocycles. The predicted molar refractivity (Wildman–Crippen MR) is 48.1 cm³/mol. The average molecular weight is 140 g/mol. The van der Waals surface area contributed by atoms with Gasteiger partial charge in [-0.2, -0.15) is 0 Å². The van der Waals surface area contributed by atoms with Gasteiger partial charge in [0.1, 0.15) is 0 Å². The summed E-state index contributed by atoms with van der Waals surface area (Å²) in [7, 11) is 0. The van der Waals surface area contributed by atoms with Crippen molar-refractivity contribution in [2.24, 2.45) is 11.8 Å². The molecule has 0 aliphatic rings. The topological polar surface area (TPSA) is 0 Å². The summed E-state index contributed by atoms with van der Waals surface area (Å²) >= 11 is 0. The Morgan fingerprint density at radius 2 is 1.70 bits per heavy atom. The minimum absolute atomic E-state index is 0.715. The van der Waals surface area contributed by atoms with Crippen LogP contribution in [0.25, 0.3) is 0 Å². The first kappa shape index (κ1) is 9.74. The fourth-order valence-corrected chi connectivity index (χ4v) is 0.798. The molecule has 0 atom stereocenters. The van der Waals surface area contributed by atoms with Crippen LogP contribution in [-0.2, 0) is 0 Å². The van der Waals surface area contributed by atoms with Crippen LogP contribution in [-0.4, -0.2) is 0 Å². The summed E-state index contributed by atoms with van der Waals surface area (Å²) in [5.41, 5.74) is 0. The van der Waals surface area contributed by atoms with Gasteiger partial charge in [-0.1, -0.05) is 39.8 Å². The molecule has 0 heteroatoms. The Morgan fingerprint density at radius 3 is 2.10 bits per heavy atom. The summed E-state index contributed by atoms with van der Waals surface area (Å²) in [6.45, 7) is 8.96. The van der Waals surface area contributed by atoms with Crippen molar-refractivity contribution < 1.29 is 0 Å². The maximum atomic E-state index is 2.30. The quantitative estimate of drug-likeness (QED) is 0.523. The average Bonchev–Trinajstić information content (AvgIpc) is 1.79. The first-order valence-corrected chi connectivity index (χ1v) is 4.29. The van der Waals surface area contributed by atoms with Gasteiger partial charge in [-0.05, 0) is 24.7 Å². The van der Waals surface area contributed by atoms with E-state index in [9.17, 15) is 0 Å². The number of rotatable bonds is 4. The van der Waals surface area contributed by atoms with Crippen LogP contribution in [0.1, 0.15) is 40.5 Å². The van der Waals surface area contributed by atoms with E-state index in [1.807, 2.05) is 0 Å². The van der Waals surface area contributed by atoms with Gasteiger partial charge in [-0.15, -0.1) is 0 Å². The van der Waals surface area contributed by atoms with E-state index < -0.39 is 0 Å². The predicted octanol–water partition coefficient (Wildman–Crippen LogP) is 3.63. The molecule has 10 heavy (non-hydrogen) atoms. The standard InChI is InChI=1S/C10H20/c1-9(2)7-5-6-8-10(3)4/h5,7,9-10H,6,8H2,1-4H3/b7-5-. The Hall–Kier alpha value is -0.260. The Balaban J connectivity index is 3.19. The van der Waals surface area contributed by atoms with Gasteiger partial charge in [0.2, 0.25) is 0 Å². The highest BCUT2D eigenvalue weighted by molar-refractivity contribution is 4.84. The SMILES string of the molecule is CC(C)/C=C\CCC(C)C. The molecule has 0 aliphatic carbocycles. The summed E-state index contributed by atoms with van der Waals surface area (Å²) in [6, 6.07) is 0. The molecule has 0 unspecified atom stereocenters. The summed E-state index contributed by atoms with van der Waals surface area (Å²) < 4.78 is 0. The van der Waals surface area contributed by atoms with Crippen LogP contribution in [0, 0.1) is 11.8 Å². The van der Waals surface area contributed by atoms with Crippen molar-refractivity contribution in [2.45, 2.75) is 40.5 Å². The zero-order valence-electron chi connectivity index (χ0n) is 7.72. The third-order valence-corrected chi connectivity index (χ3v) is 1.43. The highest BCUT2D eigenvalue weighted by Crippen LogP contribution is 2.05. The maximum absolute atomic E-state index is 2.30. The van der Waals surface area contributed by atoms with Gasteiger partial charge in [-0.3, -0.25) is 0 Å². The van der Waals surface area contributed by atoms with Crippen LogP contribution in [0.4, 0.5) is 0 Å². The van der Waals surface area contributed by atoms with Crippen LogP contribution in [0.5, 0.6) is 0 Å². The lowest BCUT2D eigenvalue weighted by molar-refractivity contribution is 0.593. The molecule has 0 N–H and O–H groups in total. The largest absolute Gasteiger partial charge is 0.0883 e. The highest BCUT2D eigenvalue weighted by atomic mass is 14.0. The molecule has 0 aliphatic heterocycles. The lowest BCUT2D eigenvalue weighted by Gasteiger charge is -1.99. The van der Waals surface area contributed by atoms with E-state index in [4.69, 9.17) is 0 Å². The summed E-state index contributed by atoms with van der Waals surface area (Å²) in [5, 5.41) is 0. The Bertz CT molecular complexity index is 88.2. The second-order valence-electron chi connectivity index (χ2n) is 3.64. The smallest absolute Gasteiger partial charge is 0.0290 e. The summed E-state index contributed by atoms with van der Waals surface area (Å²) in [6.07, 6.45) is 7.14. The van der Waals surface area contributed by atoms with Crippen molar-refractivity contribution >= 4 is 0 Å². The molecule has 60 valence electrons. The van der Waals surface area contributed by atoms with Gasteiger partial charge < -0.3 is 0 Å². The van der Waals surface area contributed by atoms with E-state index in [0.717, 1.165) is 5.92 Å². The van der Waals surface area contributed by atoms with Crippen LogP contribution >= 0.6 is 0 Å². The van der Waals surface area contributed by atoms with E-state index in [0.29, 0.717) is 5.92 Å². The first-order valence-electron chi connectivity index (χ1n) is 4.29. The fourth-order valence-electron chi connectivity index (χ4n) is 0.798. The van der Waals surface area contributed by atoms with Gasteiger partial charge in [-0.25, -0.2) is 0 Å². The van der Waals surface area contributed by atoms with Crippen molar-refractivity contribution in [3.63, 3.8) is 0 Å². The van der Waals surface area contributed by atoms with Crippen LogP contribution in [0.15, 0.2) is 12.2 Å². The molecule has 0 saturated carbocycles. The zero-order valence-corrected chi connectivity index (χ0v) is 7.72. The van der Waals surface area contributed by atoms with Crippen molar-refractivity contribution in [2.75, 3.05) is 0 Å². The van der Waals surface area contributed by atoms with Gasteiger partial charge in [0.15, 0.2) is 0 Å². The molecule has 0 aromatic heterocycles. The monoisotopic (exact) mass is 140 g/mol. The lowest BCUT2D eigenvalue weighted by atomic mass is 10.1. The van der Waals surface area contributed by atoms with Crippen molar-refractivity contribution in [3.8, 4) is 0 Å².